The van der Waals surface area contributed by atoms with E-state index in [1.807, 2.05) is 32.9 Å². The van der Waals surface area contributed by atoms with Crippen LogP contribution in [0.3, 0.4) is 0 Å². The predicted molar refractivity (Wildman–Crippen MR) is 127 cm³/mol. The molecule has 1 aliphatic rings. The molecule has 0 unspecified atom stereocenters. The van der Waals surface area contributed by atoms with Gasteiger partial charge in [-0.1, -0.05) is 18.2 Å². The zero-order chi connectivity index (χ0) is 24.0. The van der Waals surface area contributed by atoms with Crippen LogP contribution in [0.4, 0.5) is 11.4 Å². The number of ether oxygens (including phenoxy) is 2. The highest BCUT2D eigenvalue weighted by molar-refractivity contribution is 6.36. The highest BCUT2D eigenvalue weighted by atomic mass is 16.5. The quantitative estimate of drug-likeness (QED) is 0.535. The van der Waals surface area contributed by atoms with E-state index in [1.54, 1.807) is 36.4 Å². The highest BCUT2D eigenvalue weighted by Crippen LogP contribution is 2.31. The monoisotopic (exact) mass is 451 g/mol. The van der Waals surface area contributed by atoms with E-state index in [2.05, 4.69) is 10.6 Å². The van der Waals surface area contributed by atoms with Gasteiger partial charge in [0.2, 0.25) is 5.91 Å². The summed E-state index contributed by atoms with van der Waals surface area (Å²) in [4.78, 5) is 39.0. The molecule has 2 aromatic carbocycles. The third-order valence-electron chi connectivity index (χ3n) is 4.84. The standard InChI is InChI=1S/C25H29N3O5/c1-5-32-21-8-6-7-20(15-21)27-23-22(18-9-11-19(12-10-18)26-17(4)29)24(30)28(25(23)31)13-14-33-16(2)3/h6-12,15-16,27H,5,13-14H2,1-4H3,(H,26,29). The second-order valence-electron chi connectivity index (χ2n) is 7.78. The Bertz CT molecular complexity index is 1060. The van der Waals surface area contributed by atoms with Crippen molar-refractivity contribution in [1.82, 2.24) is 4.90 Å². The van der Waals surface area contributed by atoms with Crippen molar-refractivity contribution in [1.29, 1.82) is 0 Å². The normalized spacial score (nSPS) is 13.7. The third-order valence-corrected chi connectivity index (χ3v) is 4.84. The third kappa shape index (κ3) is 5.98. The molecule has 1 aliphatic heterocycles. The van der Waals surface area contributed by atoms with Crippen LogP contribution in [0.1, 0.15) is 33.3 Å². The number of benzene rings is 2. The Morgan fingerprint density at radius 3 is 2.39 bits per heavy atom. The molecule has 3 rings (SSSR count). The maximum atomic E-state index is 13.3. The van der Waals surface area contributed by atoms with E-state index in [9.17, 15) is 14.4 Å². The average molecular weight is 452 g/mol. The zero-order valence-corrected chi connectivity index (χ0v) is 19.3. The van der Waals surface area contributed by atoms with Crippen molar-refractivity contribution >= 4 is 34.7 Å². The second-order valence-corrected chi connectivity index (χ2v) is 7.78. The first kappa shape index (κ1) is 24.0. The molecule has 3 amide bonds. The molecular weight excluding hydrogens is 422 g/mol. The van der Waals surface area contributed by atoms with E-state index in [1.165, 1.54) is 11.8 Å². The Morgan fingerprint density at radius 1 is 1.03 bits per heavy atom. The molecule has 0 saturated heterocycles. The van der Waals surface area contributed by atoms with Gasteiger partial charge in [0.1, 0.15) is 11.4 Å². The fourth-order valence-electron chi connectivity index (χ4n) is 3.44. The lowest BCUT2D eigenvalue weighted by Crippen LogP contribution is -2.35. The minimum atomic E-state index is -0.421. The van der Waals surface area contributed by atoms with Crippen LogP contribution < -0.4 is 15.4 Å². The van der Waals surface area contributed by atoms with Crippen LogP contribution in [0.5, 0.6) is 5.75 Å². The molecule has 2 aromatic rings. The lowest BCUT2D eigenvalue weighted by Gasteiger charge is -2.16. The number of imide groups is 1. The molecule has 0 aromatic heterocycles. The van der Waals surface area contributed by atoms with E-state index in [4.69, 9.17) is 9.47 Å². The van der Waals surface area contributed by atoms with Crippen molar-refractivity contribution in [3.63, 3.8) is 0 Å². The van der Waals surface area contributed by atoms with E-state index < -0.39 is 11.8 Å². The van der Waals surface area contributed by atoms with Crippen molar-refractivity contribution < 1.29 is 23.9 Å². The molecule has 0 bridgehead atoms. The molecule has 0 radical (unpaired) electrons. The van der Waals surface area contributed by atoms with Gasteiger partial charge < -0.3 is 20.1 Å². The Balaban J connectivity index is 1.95. The molecular formula is C25H29N3O5. The van der Waals surface area contributed by atoms with E-state index >= 15 is 0 Å². The molecule has 174 valence electrons. The van der Waals surface area contributed by atoms with Crippen LogP contribution in [-0.2, 0) is 19.1 Å². The fraction of sp³-hybridized carbons (Fsp3) is 0.320. The molecule has 0 atom stereocenters. The number of nitrogens with zero attached hydrogens (tertiary/aromatic N) is 1. The SMILES string of the molecule is CCOc1cccc(NC2=C(c3ccc(NC(C)=O)cc3)C(=O)N(CCOC(C)C)C2=O)c1. The Kier molecular flexibility index (Phi) is 7.84. The number of amides is 3. The van der Waals surface area contributed by atoms with Gasteiger partial charge >= 0.3 is 0 Å². The number of rotatable bonds is 10. The van der Waals surface area contributed by atoms with Gasteiger partial charge in [0.15, 0.2) is 0 Å². The lowest BCUT2D eigenvalue weighted by molar-refractivity contribution is -0.138. The second kappa shape index (κ2) is 10.8. The van der Waals surface area contributed by atoms with Crippen LogP contribution in [0.25, 0.3) is 5.57 Å². The smallest absolute Gasteiger partial charge is 0.278 e. The van der Waals surface area contributed by atoms with Gasteiger partial charge in [-0.15, -0.1) is 0 Å². The zero-order valence-electron chi connectivity index (χ0n) is 19.3. The molecule has 0 spiro atoms. The number of anilines is 2. The average Bonchev–Trinajstić information content (AvgIpc) is 2.98. The van der Waals surface area contributed by atoms with Crippen LogP contribution in [-0.4, -0.2) is 48.5 Å². The lowest BCUT2D eigenvalue weighted by atomic mass is 10.0. The molecule has 1 heterocycles. The molecule has 8 heteroatoms. The summed E-state index contributed by atoms with van der Waals surface area (Å²) in [5.41, 5.74) is 2.25. The molecule has 8 nitrogen and oxygen atoms in total. The fourth-order valence-corrected chi connectivity index (χ4v) is 3.44. The highest BCUT2D eigenvalue weighted by Gasteiger charge is 2.39. The van der Waals surface area contributed by atoms with E-state index in [-0.39, 0.29) is 36.4 Å². The molecule has 0 fully saturated rings. The summed E-state index contributed by atoms with van der Waals surface area (Å²) in [6.45, 7) is 8.01. The maximum absolute atomic E-state index is 13.3. The summed E-state index contributed by atoms with van der Waals surface area (Å²) in [6.07, 6.45) is -0.00884. The Labute approximate surface area is 193 Å². The number of nitrogens with one attached hydrogen (secondary N) is 2. The first-order valence-electron chi connectivity index (χ1n) is 10.9. The van der Waals surface area contributed by atoms with Gasteiger partial charge in [0, 0.05) is 24.4 Å². The van der Waals surface area contributed by atoms with Crippen LogP contribution in [0.15, 0.2) is 54.2 Å². The van der Waals surface area contributed by atoms with Crippen molar-refractivity contribution in [2.24, 2.45) is 0 Å². The van der Waals surface area contributed by atoms with Crippen molar-refractivity contribution in [3.05, 3.63) is 59.8 Å². The van der Waals surface area contributed by atoms with E-state index in [0.29, 0.717) is 29.3 Å². The summed E-state index contributed by atoms with van der Waals surface area (Å²) in [6, 6.07) is 14.0. The first-order valence-corrected chi connectivity index (χ1v) is 10.9. The summed E-state index contributed by atoms with van der Waals surface area (Å²) >= 11 is 0. The Morgan fingerprint density at radius 2 is 1.76 bits per heavy atom. The van der Waals surface area contributed by atoms with Gasteiger partial charge in [-0.25, -0.2) is 0 Å². The predicted octanol–water partition coefficient (Wildman–Crippen LogP) is 3.66. The van der Waals surface area contributed by atoms with Crippen LogP contribution in [0.2, 0.25) is 0 Å². The summed E-state index contributed by atoms with van der Waals surface area (Å²) in [5.74, 6) is -0.358. The van der Waals surface area contributed by atoms with Gasteiger partial charge in [-0.3, -0.25) is 19.3 Å². The molecule has 0 aliphatic carbocycles. The minimum absolute atomic E-state index is 0.00884. The largest absolute Gasteiger partial charge is 0.494 e. The summed E-state index contributed by atoms with van der Waals surface area (Å²) in [7, 11) is 0. The van der Waals surface area contributed by atoms with Crippen LogP contribution >= 0.6 is 0 Å². The number of hydrogen-bond acceptors (Lipinski definition) is 6. The molecule has 33 heavy (non-hydrogen) atoms. The van der Waals surface area contributed by atoms with Crippen molar-refractivity contribution in [3.8, 4) is 5.75 Å². The minimum Gasteiger partial charge on any atom is -0.494 e. The van der Waals surface area contributed by atoms with Gasteiger partial charge in [-0.05, 0) is 50.6 Å². The summed E-state index contributed by atoms with van der Waals surface area (Å²) < 4.78 is 11.1. The van der Waals surface area contributed by atoms with E-state index in [0.717, 1.165) is 0 Å². The van der Waals surface area contributed by atoms with Gasteiger partial charge in [0.25, 0.3) is 11.8 Å². The molecule has 0 saturated carbocycles. The number of carbonyl (C=O) groups excluding carboxylic acids is 3. The topological polar surface area (TPSA) is 97.0 Å². The number of hydrogen-bond donors (Lipinski definition) is 2. The van der Waals surface area contributed by atoms with Gasteiger partial charge in [-0.2, -0.15) is 0 Å². The summed E-state index contributed by atoms with van der Waals surface area (Å²) in [5, 5.41) is 5.82. The maximum Gasteiger partial charge on any atom is 0.278 e. The van der Waals surface area contributed by atoms with Crippen molar-refractivity contribution in [2.45, 2.75) is 33.8 Å². The number of carbonyl (C=O) groups is 3. The van der Waals surface area contributed by atoms with Crippen LogP contribution in [0, 0.1) is 0 Å². The first-order chi connectivity index (χ1) is 15.8. The van der Waals surface area contributed by atoms with Gasteiger partial charge in [0.05, 0.1) is 31.4 Å². The van der Waals surface area contributed by atoms with Crippen molar-refractivity contribution in [2.75, 3.05) is 30.4 Å². The Hall–Kier alpha value is -3.65. The molecule has 2 N–H and O–H groups in total.